The Morgan fingerprint density at radius 3 is 1.98 bits per heavy atom. The van der Waals surface area contributed by atoms with Crippen LogP contribution in [0.1, 0.15) is 0 Å². The highest BCUT2D eigenvalue weighted by Crippen LogP contribution is 2.44. The number of rotatable bonds is 4. The minimum Gasteiger partial charge on any atom is -0.255 e. The van der Waals surface area contributed by atoms with Crippen molar-refractivity contribution in [3.8, 4) is 45.0 Å². The fourth-order valence-electron chi connectivity index (χ4n) is 7.64. The quantitative estimate of drug-likeness (QED) is 0.172. The minimum atomic E-state index is 0.712. The van der Waals surface area contributed by atoms with Gasteiger partial charge in [0.2, 0.25) is 0 Å². The van der Waals surface area contributed by atoms with Gasteiger partial charge in [-0.25, -0.2) is 9.97 Å². The maximum Gasteiger partial charge on any atom is 0.160 e. The summed E-state index contributed by atoms with van der Waals surface area (Å²) < 4.78 is 5.12. The predicted octanol–water partition coefficient (Wildman–Crippen LogP) is 13.6. The number of thiophene rings is 2. The molecule has 7 aromatic carbocycles. The van der Waals surface area contributed by atoms with Crippen molar-refractivity contribution in [1.82, 2.24) is 15.0 Å². The van der Waals surface area contributed by atoms with Crippen molar-refractivity contribution in [2.75, 3.05) is 0 Å². The number of nitrogens with zero attached hydrogens (tertiary/aromatic N) is 3. The van der Waals surface area contributed by atoms with Gasteiger partial charge < -0.3 is 0 Å². The molecule has 3 nitrogen and oxygen atoms in total. The van der Waals surface area contributed by atoms with Gasteiger partial charge in [-0.15, -0.1) is 22.7 Å². The zero-order valence-electron chi connectivity index (χ0n) is 27.7. The van der Waals surface area contributed by atoms with Gasteiger partial charge in [0.05, 0.1) is 21.6 Å². The SMILES string of the molecule is c1ccc(-c2nc(-c3ccc(-c4nccc5c4sc4ccc(-c6cccc7c6sc6ccccc67)cc45)cc3)nc3c2ccc2ccccc23)cc1. The van der Waals surface area contributed by atoms with Crippen LogP contribution in [0.15, 0.2) is 164 Å². The van der Waals surface area contributed by atoms with E-state index in [2.05, 4.69) is 152 Å². The van der Waals surface area contributed by atoms with Crippen LogP contribution in [0.2, 0.25) is 0 Å². The number of hydrogen-bond acceptors (Lipinski definition) is 5. The van der Waals surface area contributed by atoms with E-state index in [0.717, 1.165) is 44.4 Å². The molecule has 11 rings (SSSR count). The van der Waals surface area contributed by atoms with Crippen LogP contribution < -0.4 is 0 Å². The van der Waals surface area contributed by atoms with Crippen molar-refractivity contribution >= 4 is 84.7 Å². The third kappa shape index (κ3) is 4.60. The van der Waals surface area contributed by atoms with Gasteiger partial charge in [-0.1, -0.05) is 127 Å². The van der Waals surface area contributed by atoms with E-state index in [1.54, 1.807) is 0 Å². The zero-order chi connectivity index (χ0) is 34.2. The Morgan fingerprint density at radius 2 is 1.08 bits per heavy atom. The third-order valence-corrected chi connectivity index (χ3v) is 12.6. The van der Waals surface area contributed by atoms with Gasteiger partial charge in [0, 0.05) is 69.3 Å². The fourth-order valence-corrected chi connectivity index (χ4v) is 10.1. The second-order valence-electron chi connectivity index (χ2n) is 13.2. The van der Waals surface area contributed by atoms with Crippen LogP contribution in [-0.4, -0.2) is 15.0 Å². The van der Waals surface area contributed by atoms with Crippen LogP contribution in [0.4, 0.5) is 0 Å². The zero-order valence-corrected chi connectivity index (χ0v) is 29.4. The van der Waals surface area contributed by atoms with Crippen molar-refractivity contribution < 1.29 is 0 Å². The van der Waals surface area contributed by atoms with Crippen LogP contribution in [0.5, 0.6) is 0 Å². The molecule has 0 radical (unpaired) electrons. The molecule has 52 heavy (non-hydrogen) atoms. The Hall–Kier alpha value is -6.27. The number of fused-ring (bicyclic) bond motifs is 9. The molecule has 242 valence electrons. The highest BCUT2D eigenvalue weighted by Gasteiger charge is 2.17. The van der Waals surface area contributed by atoms with Gasteiger partial charge >= 0.3 is 0 Å². The van der Waals surface area contributed by atoms with Crippen LogP contribution in [-0.2, 0) is 0 Å². The van der Waals surface area contributed by atoms with E-state index in [1.807, 2.05) is 34.9 Å². The molecule has 0 unspecified atom stereocenters. The third-order valence-electron chi connectivity index (χ3n) is 10.2. The van der Waals surface area contributed by atoms with E-state index < -0.39 is 0 Å². The highest BCUT2D eigenvalue weighted by molar-refractivity contribution is 7.26. The molecular formula is C47H27N3S2. The van der Waals surface area contributed by atoms with Crippen molar-refractivity contribution in [3.05, 3.63) is 164 Å². The lowest BCUT2D eigenvalue weighted by molar-refractivity contribution is 1.23. The molecular weight excluding hydrogens is 671 g/mol. The van der Waals surface area contributed by atoms with Gasteiger partial charge in [-0.3, -0.25) is 4.98 Å². The van der Waals surface area contributed by atoms with E-state index >= 15 is 0 Å². The smallest absolute Gasteiger partial charge is 0.160 e. The van der Waals surface area contributed by atoms with Crippen molar-refractivity contribution in [2.24, 2.45) is 0 Å². The molecule has 0 aliphatic heterocycles. The summed E-state index contributed by atoms with van der Waals surface area (Å²) >= 11 is 3.69. The number of benzene rings is 7. The average Bonchev–Trinajstić information content (AvgIpc) is 3.79. The molecule has 0 spiro atoms. The number of pyridine rings is 1. The summed E-state index contributed by atoms with van der Waals surface area (Å²) in [5, 5.41) is 8.49. The summed E-state index contributed by atoms with van der Waals surface area (Å²) in [4.78, 5) is 15.3. The largest absolute Gasteiger partial charge is 0.255 e. The molecule has 0 saturated carbocycles. The Labute approximate surface area is 307 Å². The molecule has 0 aliphatic rings. The van der Waals surface area contributed by atoms with Crippen LogP contribution in [0.3, 0.4) is 0 Å². The summed E-state index contributed by atoms with van der Waals surface area (Å²) in [6, 6.07) is 56.2. The van der Waals surface area contributed by atoms with Crippen LogP contribution in [0.25, 0.3) is 107 Å². The predicted molar refractivity (Wildman–Crippen MR) is 222 cm³/mol. The van der Waals surface area contributed by atoms with Crippen LogP contribution >= 0.6 is 22.7 Å². The fraction of sp³-hybridized carbons (Fsp3) is 0. The normalized spacial score (nSPS) is 11.8. The first-order valence-corrected chi connectivity index (χ1v) is 19.0. The summed E-state index contributed by atoms with van der Waals surface area (Å²) in [5.74, 6) is 0.712. The van der Waals surface area contributed by atoms with Gasteiger partial charge in [-0.2, -0.15) is 0 Å². The Morgan fingerprint density at radius 1 is 0.385 bits per heavy atom. The molecule has 4 heterocycles. The van der Waals surface area contributed by atoms with E-state index in [-0.39, 0.29) is 0 Å². The Balaban J connectivity index is 1.02. The van der Waals surface area contributed by atoms with E-state index in [9.17, 15) is 0 Å². The molecule has 0 N–H and O–H groups in total. The van der Waals surface area contributed by atoms with Gasteiger partial charge in [0.15, 0.2) is 5.82 Å². The molecule has 0 fully saturated rings. The molecule has 0 amide bonds. The molecule has 0 bridgehead atoms. The van der Waals surface area contributed by atoms with Crippen molar-refractivity contribution in [2.45, 2.75) is 0 Å². The summed E-state index contributed by atoms with van der Waals surface area (Å²) in [7, 11) is 0. The lowest BCUT2D eigenvalue weighted by Gasteiger charge is -2.12. The first kappa shape index (κ1) is 29.5. The standard InChI is InChI=1S/C47H27N3S2/c1-2-10-29(11-3-1)42-38-23-21-28-9-4-5-12-33(28)44(38)50-47(49-42)31-19-17-30(18-20-31)43-46-37(25-26-48-43)39-27-32(22-24-41(39)52-46)34-14-8-15-36-35-13-6-7-16-40(35)51-45(34)36/h1-27H. The maximum absolute atomic E-state index is 5.18. The Kier molecular flexibility index (Phi) is 6.59. The molecule has 0 atom stereocenters. The minimum absolute atomic E-state index is 0.712. The first-order valence-electron chi connectivity index (χ1n) is 17.3. The van der Waals surface area contributed by atoms with E-state index in [0.29, 0.717) is 5.82 Å². The number of aromatic nitrogens is 3. The lowest BCUT2D eigenvalue weighted by atomic mass is 10.00. The molecule has 4 aromatic heterocycles. The monoisotopic (exact) mass is 697 g/mol. The van der Waals surface area contributed by atoms with E-state index in [1.165, 1.54) is 56.9 Å². The van der Waals surface area contributed by atoms with Crippen LogP contribution in [0, 0.1) is 0 Å². The molecule has 11 aromatic rings. The second-order valence-corrected chi connectivity index (χ2v) is 15.3. The van der Waals surface area contributed by atoms with Crippen molar-refractivity contribution in [3.63, 3.8) is 0 Å². The first-order chi connectivity index (χ1) is 25.8. The Bertz CT molecular complexity index is 3180. The van der Waals surface area contributed by atoms with Gasteiger partial charge in [0.1, 0.15) is 0 Å². The maximum atomic E-state index is 5.18. The molecule has 5 heteroatoms. The van der Waals surface area contributed by atoms with Gasteiger partial charge in [-0.05, 0) is 46.8 Å². The summed E-state index contributed by atoms with van der Waals surface area (Å²) in [6.45, 7) is 0. The summed E-state index contributed by atoms with van der Waals surface area (Å²) in [5.41, 5.74) is 8.54. The van der Waals surface area contributed by atoms with Gasteiger partial charge in [0.25, 0.3) is 0 Å². The lowest BCUT2D eigenvalue weighted by Crippen LogP contribution is -1.96. The molecule has 0 saturated heterocycles. The topological polar surface area (TPSA) is 38.7 Å². The number of hydrogen-bond donors (Lipinski definition) is 0. The highest BCUT2D eigenvalue weighted by atomic mass is 32.1. The van der Waals surface area contributed by atoms with Crippen molar-refractivity contribution in [1.29, 1.82) is 0 Å². The molecule has 0 aliphatic carbocycles. The summed E-state index contributed by atoms with van der Waals surface area (Å²) in [6.07, 6.45) is 1.95. The second kappa shape index (κ2) is 11.6. The average molecular weight is 698 g/mol. The van der Waals surface area contributed by atoms with E-state index in [4.69, 9.17) is 15.0 Å².